The normalized spacial score (nSPS) is 11.2. The predicted molar refractivity (Wildman–Crippen MR) is 230 cm³/mol. The fourth-order valence-electron chi connectivity index (χ4n) is 6.87. The average Bonchev–Trinajstić information content (AvgIpc) is 3.24. The summed E-state index contributed by atoms with van der Waals surface area (Å²) in [7, 11) is -1.19. The van der Waals surface area contributed by atoms with Crippen LogP contribution in [-0.2, 0) is 0 Å². The zero-order valence-electron chi connectivity index (χ0n) is 29.1. The lowest BCUT2D eigenvalue weighted by Crippen LogP contribution is -2.20. The summed E-state index contributed by atoms with van der Waals surface area (Å²) in [4.78, 5) is 0. The molecular weight excluding hydrogens is 662 g/mol. The highest BCUT2D eigenvalue weighted by molar-refractivity contribution is 7.76. The van der Waals surface area contributed by atoms with Gasteiger partial charge >= 0.3 is 0 Å². The van der Waals surface area contributed by atoms with Crippen LogP contribution in [-0.4, -0.2) is 12.3 Å². The van der Waals surface area contributed by atoms with Gasteiger partial charge in [-0.1, -0.05) is 218 Å². The van der Waals surface area contributed by atoms with E-state index in [4.69, 9.17) is 0 Å². The first kappa shape index (κ1) is 33.7. The van der Waals surface area contributed by atoms with E-state index in [-0.39, 0.29) is 0 Å². The summed E-state index contributed by atoms with van der Waals surface area (Å²) in [6, 6.07) is 80.3. The fraction of sp³-hybridized carbons (Fsp3) is 0.0400. The molecule has 0 atom stereocenters. The van der Waals surface area contributed by atoms with Crippen LogP contribution in [0.1, 0.15) is 0 Å². The van der Waals surface area contributed by atoms with Crippen LogP contribution in [0.25, 0.3) is 44.5 Å². The molecule has 52 heavy (non-hydrogen) atoms. The maximum Gasteiger partial charge on any atom is -0.0184 e. The van der Waals surface area contributed by atoms with E-state index in [0.717, 1.165) is 12.3 Å². The van der Waals surface area contributed by atoms with Gasteiger partial charge in [0, 0.05) is 0 Å². The molecule has 0 radical (unpaired) electrons. The van der Waals surface area contributed by atoms with E-state index >= 15 is 0 Å². The van der Waals surface area contributed by atoms with E-state index in [1.165, 1.54) is 65.7 Å². The van der Waals surface area contributed by atoms with Gasteiger partial charge in [-0.2, -0.15) is 0 Å². The molecule has 0 heterocycles. The van der Waals surface area contributed by atoms with E-state index < -0.39 is 15.8 Å². The lowest BCUT2D eigenvalue weighted by Gasteiger charge is -2.25. The van der Waals surface area contributed by atoms with E-state index in [2.05, 4.69) is 218 Å². The largest absolute Gasteiger partial charge is 0.0622 e. The minimum absolute atomic E-state index is 0.595. The number of hydrogen-bond acceptors (Lipinski definition) is 0. The highest BCUT2D eigenvalue weighted by Gasteiger charge is 2.20. The SMILES string of the molecule is c1ccc(-c2ccc(P(CCP(c3ccc(-c4ccccc4)cc3)c3ccc(-c4ccccc4)cc3)c3ccc(-c4ccccc4)cc3)cc2)cc1. The molecule has 0 aromatic heterocycles. The van der Waals surface area contributed by atoms with Crippen molar-refractivity contribution in [3.05, 3.63) is 218 Å². The van der Waals surface area contributed by atoms with Crippen molar-refractivity contribution in [3.63, 3.8) is 0 Å². The Labute approximate surface area is 311 Å². The molecule has 0 saturated carbocycles. The second kappa shape index (κ2) is 16.3. The van der Waals surface area contributed by atoms with Gasteiger partial charge in [-0.3, -0.25) is 0 Å². The Morgan fingerprint density at radius 3 is 0.558 bits per heavy atom. The first-order chi connectivity index (χ1) is 25.8. The van der Waals surface area contributed by atoms with Gasteiger partial charge in [0.1, 0.15) is 0 Å². The molecule has 0 spiro atoms. The summed E-state index contributed by atoms with van der Waals surface area (Å²) in [5.41, 5.74) is 10.1. The van der Waals surface area contributed by atoms with Gasteiger partial charge in [0.05, 0.1) is 0 Å². The molecule has 0 saturated heterocycles. The summed E-state index contributed by atoms with van der Waals surface area (Å²) in [6.45, 7) is 0. The van der Waals surface area contributed by atoms with Crippen LogP contribution in [0, 0.1) is 0 Å². The molecule has 0 nitrogen and oxygen atoms in total. The zero-order chi connectivity index (χ0) is 35.0. The summed E-state index contributed by atoms with van der Waals surface area (Å²) >= 11 is 0. The van der Waals surface area contributed by atoms with Gasteiger partial charge in [0.25, 0.3) is 0 Å². The first-order valence-electron chi connectivity index (χ1n) is 18.0. The summed E-state index contributed by atoms with van der Waals surface area (Å²) in [5, 5.41) is 5.71. The van der Waals surface area contributed by atoms with E-state index in [1.807, 2.05) is 0 Å². The fourth-order valence-corrected chi connectivity index (χ4v) is 12.1. The quantitative estimate of drug-likeness (QED) is 0.118. The number of hydrogen-bond donors (Lipinski definition) is 0. The Morgan fingerprint density at radius 2 is 0.365 bits per heavy atom. The Balaban J connectivity index is 1.14. The molecule has 0 aliphatic heterocycles. The smallest absolute Gasteiger partial charge is 0.0184 e. The lowest BCUT2D eigenvalue weighted by atomic mass is 10.1. The van der Waals surface area contributed by atoms with Gasteiger partial charge in [0.2, 0.25) is 0 Å². The van der Waals surface area contributed by atoms with Crippen LogP contribution in [0.4, 0.5) is 0 Å². The topological polar surface area (TPSA) is 0 Å². The summed E-state index contributed by atoms with van der Waals surface area (Å²) < 4.78 is 0. The van der Waals surface area contributed by atoms with E-state index in [1.54, 1.807) is 0 Å². The van der Waals surface area contributed by atoms with Crippen molar-refractivity contribution in [1.82, 2.24) is 0 Å². The molecule has 2 heteroatoms. The van der Waals surface area contributed by atoms with Crippen LogP contribution >= 0.6 is 15.8 Å². The minimum Gasteiger partial charge on any atom is -0.0622 e. The zero-order valence-corrected chi connectivity index (χ0v) is 30.9. The van der Waals surface area contributed by atoms with Crippen LogP contribution < -0.4 is 21.2 Å². The van der Waals surface area contributed by atoms with E-state index in [0.29, 0.717) is 0 Å². The Kier molecular flexibility index (Phi) is 10.6. The van der Waals surface area contributed by atoms with Crippen LogP contribution in [0.15, 0.2) is 218 Å². The van der Waals surface area contributed by atoms with Crippen molar-refractivity contribution in [1.29, 1.82) is 0 Å². The van der Waals surface area contributed by atoms with Gasteiger partial charge in [-0.15, -0.1) is 0 Å². The second-order valence-electron chi connectivity index (χ2n) is 13.0. The van der Waals surface area contributed by atoms with Gasteiger partial charge < -0.3 is 0 Å². The van der Waals surface area contributed by atoms with Crippen molar-refractivity contribution in [3.8, 4) is 44.5 Å². The van der Waals surface area contributed by atoms with Crippen LogP contribution in [0.5, 0.6) is 0 Å². The molecule has 0 fully saturated rings. The van der Waals surface area contributed by atoms with Crippen molar-refractivity contribution < 1.29 is 0 Å². The average molecular weight is 703 g/mol. The maximum absolute atomic E-state index is 2.38. The van der Waals surface area contributed by atoms with Crippen molar-refractivity contribution >= 4 is 37.1 Å². The molecule has 8 rings (SSSR count). The Bertz CT molecular complexity index is 1950. The standard InChI is InChI=1S/C50H40P2/c1-5-13-39(14-6-1)43-21-29-47(30-22-43)51(48-31-23-44(24-32-48)40-15-7-2-8-16-40)37-38-52(49-33-25-45(26-34-49)41-17-9-3-10-18-41)50-35-27-46(28-36-50)42-19-11-4-12-20-42/h1-36H,37-38H2. The minimum atomic E-state index is -0.595. The van der Waals surface area contributed by atoms with Crippen molar-refractivity contribution in [2.45, 2.75) is 0 Å². The molecule has 8 aromatic carbocycles. The number of rotatable bonds is 11. The van der Waals surface area contributed by atoms with Crippen molar-refractivity contribution in [2.75, 3.05) is 12.3 Å². The lowest BCUT2D eigenvalue weighted by molar-refractivity contribution is 1.50. The third kappa shape index (κ3) is 7.91. The molecule has 0 aliphatic rings. The highest BCUT2D eigenvalue weighted by Crippen LogP contribution is 2.42. The van der Waals surface area contributed by atoms with Crippen LogP contribution in [0.3, 0.4) is 0 Å². The molecule has 0 amide bonds. The monoisotopic (exact) mass is 702 g/mol. The van der Waals surface area contributed by atoms with Gasteiger partial charge in [0.15, 0.2) is 0 Å². The molecular formula is C50H40P2. The molecule has 8 aromatic rings. The third-order valence-electron chi connectivity index (χ3n) is 9.69. The molecule has 250 valence electrons. The molecule has 0 N–H and O–H groups in total. The van der Waals surface area contributed by atoms with Crippen molar-refractivity contribution in [2.24, 2.45) is 0 Å². The summed E-state index contributed by atoms with van der Waals surface area (Å²) in [6.07, 6.45) is 2.22. The molecule has 0 unspecified atom stereocenters. The van der Waals surface area contributed by atoms with Gasteiger partial charge in [-0.25, -0.2) is 0 Å². The van der Waals surface area contributed by atoms with Gasteiger partial charge in [-0.05, 0) is 93.9 Å². The second-order valence-corrected chi connectivity index (χ2v) is 17.6. The van der Waals surface area contributed by atoms with E-state index in [9.17, 15) is 0 Å². The Hall–Kier alpha value is -5.38. The maximum atomic E-state index is 2.38. The highest BCUT2D eigenvalue weighted by atomic mass is 31.1. The number of benzene rings is 8. The first-order valence-corrected chi connectivity index (χ1v) is 21.0. The van der Waals surface area contributed by atoms with Crippen LogP contribution in [0.2, 0.25) is 0 Å². The molecule has 0 aliphatic carbocycles. The predicted octanol–water partition coefficient (Wildman–Crippen LogP) is 11.9. The summed E-state index contributed by atoms with van der Waals surface area (Å²) in [5.74, 6) is 0. The third-order valence-corrected chi connectivity index (χ3v) is 15.1. The molecule has 0 bridgehead atoms. The Morgan fingerprint density at radius 1 is 0.192 bits per heavy atom.